The fraction of sp³-hybridized carbons (Fsp3) is 0.625. The number of ether oxygens (including phenoxy) is 1. The van der Waals surface area contributed by atoms with Gasteiger partial charge in [0, 0.05) is 26.2 Å². The van der Waals surface area contributed by atoms with Gasteiger partial charge in [0.05, 0.1) is 6.61 Å². The Morgan fingerprint density at radius 1 is 1.11 bits per heavy atom. The van der Waals surface area contributed by atoms with E-state index < -0.39 is 0 Å². The summed E-state index contributed by atoms with van der Waals surface area (Å²) in [6.45, 7) is 9.85. The average molecular weight is 264 g/mol. The van der Waals surface area contributed by atoms with Crippen molar-refractivity contribution in [3.63, 3.8) is 0 Å². The Kier molecular flexibility index (Phi) is 8.47. The van der Waals surface area contributed by atoms with Gasteiger partial charge >= 0.3 is 0 Å². The van der Waals surface area contributed by atoms with E-state index in [0.29, 0.717) is 0 Å². The topological polar surface area (TPSA) is 24.5 Å². The van der Waals surface area contributed by atoms with E-state index in [1.54, 1.807) is 0 Å². The second kappa shape index (κ2) is 9.96. The first-order chi connectivity index (χ1) is 9.26. The first-order valence-electron chi connectivity index (χ1n) is 7.31. The Balaban J connectivity index is 2.30. The van der Waals surface area contributed by atoms with Crippen LogP contribution in [0.25, 0.3) is 0 Å². The largest absolute Gasteiger partial charge is 0.380 e. The molecule has 0 aliphatic heterocycles. The highest BCUT2D eigenvalue weighted by atomic mass is 16.5. The second-order valence-corrected chi connectivity index (χ2v) is 4.93. The summed E-state index contributed by atoms with van der Waals surface area (Å²) >= 11 is 0. The molecular weight excluding hydrogens is 236 g/mol. The van der Waals surface area contributed by atoms with E-state index in [2.05, 4.69) is 48.5 Å². The van der Waals surface area contributed by atoms with Crippen LogP contribution in [0.2, 0.25) is 0 Å². The minimum absolute atomic E-state index is 0.799. The summed E-state index contributed by atoms with van der Waals surface area (Å²) in [6.07, 6.45) is 1.18. The zero-order valence-electron chi connectivity index (χ0n) is 12.6. The summed E-state index contributed by atoms with van der Waals surface area (Å²) in [5.41, 5.74) is 2.72. The molecule has 0 amide bonds. The van der Waals surface area contributed by atoms with Gasteiger partial charge in [-0.15, -0.1) is 0 Å². The van der Waals surface area contributed by atoms with Crippen LogP contribution < -0.4 is 5.32 Å². The van der Waals surface area contributed by atoms with Crippen molar-refractivity contribution in [2.75, 3.05) is 33.4 Å². The third-order valence-electron chi connectivity index (χ3n) is 3.05. The van der Waals surface area contributed by atoms with Crippen LogP contribution in [0.1, 0.15) is 31.4 Å². The molecule has 0 saturated carbocycles. The number of nitrogens with one attached hydrogen (secondary N) is 1. The lowest BCUT2D eigenvalue weighted by molar-refractivity contribution is 0.120. The fourth-order valence-corrected chi connectivity index (χ4v) is 1.93. The number of benzene rings is 1. The molecule has 0 aliphatic carbocycles. The molecule has 0 heterocycles. The summed E-state index contributed by atoms with van der Waals surface area (Å²) < 4.78 is 5.37. The van der Waals surface area contributed by atoms with Crippen molar-refractivity contribution < 1.29 is 4.74 Å². The Hall–Kier alpha value is -0.900. The molecule has 0 unspecified atom stereocenters. The van der Waals surface area contributed by atoms with Crippen molar-refractivity contribution in [1.29, 1.82) is 0 Å². The molecule has 19 heavy (non-hydrogen) atoms. The van der Waals surface area contributed by atoms with E-state index >= 15 is 0 Å². The SMILES string of the molecule is CCCNCc1ccc(CN(C)CCOCC)cc1. The molecular formula is C16H28N2O. The molecule has 1 rings (SSSR count). The average Bonchev–Trinajstić information content (AvgIpc) is 2.41. The molecule has 0 atom stereocenters. The van der Waals surface area contributed by atoms with Crippen molar-refractivity contribution in [1.82, 2.24) is 10.2 Å². The quantitative estimate of drug-likeness (QED) is 0.658. The van der Waals surface area contributed by atoms with Crippen LogP contribution >= 0.6 is 0 Å². The van der Waals surface area contributed by atoms with E-state index in [1.165, 1.54) is 17.5 Å². The first-order valence-corrected chi connectivity index (χ1v) is 7.31. The van der Waals surface area contributed by atoms with Gasteiger partial charge in [-0.3, -0.25) is 4.90 Å². The number of hydrogen-bond acceptors (Lipinski definition) is 3. The van der Waals surface area contributed by atoms with Crippen molar-refractivity contribution in [3.8, 4) is 0 Å². The molecule has 3 nitrogen and oxygen atoms in total. The lowest BCUT2D eigenvalue weighted by atomic mass is 10.1. The van der Waals surface area contributed by atoms with E-state index in [4.69, 9.17) is 4.74 Å². The van der Waals surface area contributed by atoms with Gasteiger partial charge in [0.1, 0.15) is 0 Å². The van der Waals surface area contributed by atoms with E-state index in [9.17, 15) is 0 Å². The van der Waals surface area contributed by atoms with Gasteiger partial charge in [-0.05, 0) is 38.1 Å². The van der Waals surface area contributed by atoms with E-state index in [1.807, 2.05) is 6.92 Å². The molecule has 0 aromatic heterocycles. The van der Waals surface area contributed by atoms with Gasteiger partial charge < -0.3 is 10.1 Å². The molecule has 0 bridgehead atoms. The number of hydrogen-bond donors (Lipinski definition) is 1. The second-order valence-electron chi connectivity index (χ2n) is 4.93. The third-order valence-corrected chi connectivity index (χ3v) is 3.05. The predicted octanol–water partition coefficient (Wildman–Crippen LogP) is 2.65. The third kappa shape index (κ3) is 7.31. The summed E-state index contributed by atoms with van der Waals surface area (Å²) in [5, 5.41) is 3.42. The Labute approximate surface area is 118 Å². The van der Waals surface area contributed by atoms with Crippen LogP contribution in [0, 0.1) is 0 Å². The van der Waals surface area contributed by atoms with E-state index in [0.717, 1.165) is 39.4 Å². The van der Waals surface area contributed by atoms with Crippen molar-refractivity contribution >= 4 is 0 Å². The molecule has 1 N–H and O–H groups in total. The van der Waals surface area contributed by atoms with Crippen LogP contribution in [0.15, 0.2) is 24.3 Å². The minimum atomic E-state index is 0.799. The summed E-state index contributed by atoms with van der Waals surface area (Å²) in [4.78, 5) is 2.29. The molecule has 0 saturated heterocycles. The molecule has 3 heteroatoms. The van der Waals surface area contributed by atoms with Crippen LogP contribution in [0.3, 0.4) is 0 Å². The standard InChI is InChI=1S/C16H28N2O/c1-4-10-17-13-15-6-8-16(9-7-15)14-18(3)11-12-19-5-2/h6-9,17H,4-5,10-14H2,1-3H3. The molecule has 0 spiro atoms. The Morgan fingerprint density at radius 2 is 1.79 bits per heavy atom. The van der Waals surface area contributed by atoms with Gasteiger partial charge in [-0.1, -0.05) is 31.2 Å². The van der Waals surface area contributed by atoms with Gasteiger partial charge in [0.15, 0.2) is 0 Å². The van der Waals surface area contributed by atoms with Crippen LogP contribution in [-0.2, 0) is 17.8 Å². The molecule has 1 aromatic carbocycles. The van der Waals surface area contributed by atoms with Crippen molar-refractivity contribution in [2.24, 2.45) is 0 Å². The maximum absolute atomic E-state index is 5.37. The van der Waals surface area contributed by atoms with Crippen LogP contribution in [-0.4, -0.2) is 38.3 Å². The fourth-order valence-electron chi connectivity index (χ4n) is 1.93. The zero-order valence-corrected chi connectivity index (χ0v) is 12.6. The van der Waals surface area contributed by atoms with Gasteiger partial charge in [-0.25, -0.2) is 0 Å². The zero-order chi connectivity index (χ0) is 13.9. The maximum atomic E-state index is 5.37. The van der Waals surface area contributed by atoms with Crippen molar-refractivity contribution in [2.45, 2.75) is 33.4 Å². The van der Waals surface area contributed by atoms with E-state index in [-0.39, 0.29) is 0 Å². The number of rotatable bonds is 10. The summed E-state index contributed by atoms with van der Waals surface area (Å²) in [6, 6.07) is 8.88. The Bertz CT molecular complexity index is 324. The summed E-state index contributed by atoms with van der Waals surface area (Å²) in [7, 11) is 2.13. The molecule has 1 aromatic rings. The lowest BCUT2D eigenvalue weighted by Crippen LogP contribution is -2.22. The molecule has 0 radical (unpaired) electrons. The maximum Gasteiger partial charge on any atom is 0.0593 e. The van der Waals surface area contributed by atoms with Gasteiger partial charge in [0.2, 0.25) is 0 Å². The highest BCUT2D eigenvalue weighted by Crippen LogP contribution is 2.06. The molecule has 108 valence electrons. The lowest BCUT2D eigenvalue weighted by Gasteiger charge is -2.16. The van der Waals surface area contributed by atoms with Crippen LogP contribution in [0.5, 0.6) is 0 Å². The predicted molar refractivity (Wildman–Crippen MR) is 81.3 cm³/mol. The monoisotopic (exact) mass is 264 g/mol. The van der Waals surface area contributed by atoms with Gasteiger partial charge in [0.25, 0.3) is 0 Å². The molecule has 0 fully saturated rings. The Morgan fingerprint density at radius 3 is 2.42 bits per heavy atom. The van der Waals surface area contributed by atoms with Gasteiger partial charge in [-0.2, -0.15) is 0 Å². The smallest absolute Gasteiger partial charge is 0.0593 e. The minimum Gasteiger partial charge on any atom is -0.380 e. The summed E-state index contributed by atoms with van der Waals surface area (Å²) in [5.74, 6) is 0. The molecule has 0 aliphatic rings. The van der Waals surface area contributed by atoms with Crippen LogP contribution in [0.4, 0.5) is 0 Å². The highest BCUT2D eigenvalue weighted by Gasteiger charge is 2.00. The highest BCUT2D eigenvalue weighted by molar-refractivity contribution is 5.22. The van der Waals surface area contributed by atoms with Crippen molar-refractivity contribution in [3.05, 3.63) is 35.4 Å². The number of nitrogens with zero attached hydrogens (tertiary/aromatic N) is 1. The normalized spacial score (nSPS) is 11.2. The number of likely N-dealkylation sites (N-methyl/N-ethyl adjacent to an activating group) is 1. The first kappa shape index (κ1) is 16.2.